The first-order valence-electron chi connectivity index (χ1n) is 10.9. The van der Waals surface area contributed by atoms with Crippen LogP contribution in [0.25, 0.3) is 5.69 Å². The number of tetrazole rings is 1. The Kier molecular flexibility index (Phi) is 8.57. The molecule has 0 aliphatic rings. The lowest BCUT2D eigenvalue weighted by atomic mass is 10.0. The molecule has 188 valence electrons. The molecule has 4 aromatic rings. The lowest BCUT2D eigenvalue weighted by molar-refractivity contribution is -0.385. The Bertz CT molecular complexity index is 1330. The van der Waals surface area contributed by atoms with Crippen molar-refractivity contribution in [3.05, 3.63) is 99.4 Å². The van der Waals surface area contributed by atoms with E-state index in [2.05, 4.69) is 15.5 Å². The van der Waals surface area contributed by atoms with Crippen LogP contribution in [0.1, 0.15) is 28.6 Å². The number of hydrogen-bond donors (Lipinski definition) is 0. The van der Waals surface area contributed by atoms with E-state index in [0.717, 1.165) is 16.8 Å². The summed E-state index contributed by atoms with van der Waals surface area (Å²) in [7, 11) is 4.83. The molecule has 0 saturated heterocycles. The van der Waals surface area contributed by atoms with Crippen LogP contribution >= 0.6 is 12.4 Å². The predicted molar refractivity (Wildman–Crippen MR) is 137 cm³/mol. The first-order chi connectivity index (χ1) is 16.9. The number of aromatic nitrogens is 4. The van der Waals surface area contributed by atoms with Gasteiger partial charge in [-0.25, -0.2) is 0 Å². The number of halogens is 1. The van der Waals surface area contributed by atoms with Gasteiger partial charge in [-0.2, -0.15) is 4.68 Å². The average Bonchev–Trinajstić information content (AvgIpc) is 3.33. The van der Waals surface area contributed by atoms with Gasteiger partial charge in [0.1, 0.15) is 0 Å². The Morgan fingerprint density at radius 1 is 1.03 bits per heavy atom. The first kappa shape index (κ1) is 26.6. The van der Waals surface area contributed by atoms with Gasteiger partial charge >= 0.3 is 0 Å². The summed E-state index contributed by atoms with van der Waals surface area (Å²) >= 11 is 0. The van der Waals surface area contributed by atoms with Gasteiger partial charge < -0.3 is 9.47 Å². The molecule has 0 fully saturated rings. The van der Waals surface area contributed by atoms with Gasteiger partial charge in [0, 0.05) is 12.1 Å². The molecule has 4 rings (SSSR count). The molecule has 0 amide bonds. The molecule has 0 aliphatic heterocycles. The van der Waals surface area contributed by atoms with Crippen molar-refractivity contribution in [2.24, 2.45) is 0 Å². The predicted octanol–water partition coefficient (Wildman–Crippen LogP) is 4.54. The largest absolute Gasteiger partial charge is 0.493 e. The normalized spacial score (nSPS) is 11.6. The summed E-state index contributed by atoms with van der Waals surface area (Å²) in [6, 6.07) is 20.3. The molecule has 0 N–H and O–H groups in total. The molecular weight excluding hydrogens is 484 g/mol. The van der Waals surface area contributed by atoms with E-state index in [0.29, 0.717) is 22.9 Å². The third-order valence-corrected chi connectivity index (χ3v) is 5.84. The minimum absolute atomic E-state index is 0. The summed E-state index contributed by atoms with van der Waals surface area (Å²) in [6.45, 7) is 2.23. The van der Waals surface area contributed by atoms with Crippen molar-refractivity contribution in [3.8, 4) is 17.2 Å². The van der Waals surface area contributed by atoms with Crippen LogP contribution in [0.3, 0.4) is 0 Å². The van der Waals surface area contributed by atoms with E-state index in [1.807, 2.05) is 73.5 Å². The highest BCUT2D eigenvalue weighted by Crippen LogP contribution is 2.37. The fraction of sp³-hybridized carbons (Fsp3) is 0.240. The summed E-state index contributed by atoms with van der Waals surface area (Å²) < 4.78 is 12.4. The van der Waals surface area contributed by atoms with E-state index in [-0.39, 0.29) is 24.6 Å². The first-order valence-corrected chi connectivity index (χ1v) is 10.9. The van der Waals surface area contributed by atoms with Crippen molar-refractivity contribution < 1.29 is 14.4 Å². The molecule has 10 nitrogen and oxygen atoms in total. The van der Waals surface area contributed by atoms with Crippen molar-refractivity contribution in [2.75, 3.05) is 21.3 Å². The summed E-state index contributed by atoms with van der Waals surface area (Å²) in [6.07, 6.45) is 0. The number of para-hydroxylation sites is 1. The van der Waals surface area contributed by atoms with E-state index >= 15 is 0 Å². The molecular formula is C25H27ClN6O4. The number of benzene rings is 3. The molecule has 0 radical (unpaired) electrons. The van der Waals surface area contributed by atoms with E-state index in [4.69, 9.17) is 9.47 Å². The summed E-state index contributed by atoms with van der Waals surface area (Å²) in [5, 5.41) is 24.5. The maximum Gasteiger partial charge on any atom is 0.277 e. The van der Waals surface area contributed by atoms with Gasteiger partial charge in [0.2, 0.25) is 0 Å². The van der Waals surface area contributed by atoms with E-state index < -0.39 is 11.0 Å². The average molecular weight is 511 g/mol. The second kappa shape index (κ2) is 11.6. The van der Waals surface area contributed by atoms with Crippen LogP contribution in [-0.4, -0.2) is 51.3 Å². The lowest BCUT2D eigenvalue weighted by Crippen LogP contribution is -2.28. The zero-order valence-corrected chi connectivity index (χ0v) is 21.2. The summed E-state index contributed by atoms with van der Waals surface area (Å²) in [5.74, 6) is 1.31. The number of aryl methyl sites for hydroxylation is 1. The highest BCUT2D eigenvalue weighted by Gasteiger charge is 2.29. The van der Waals surface area contributed by atoms with Crippen LogP contribution in [-0.2, 0) is 6.54 Å². The van der Waals surface area contributed by atoms with Crippen LogP contribution in [0.4, 0.5) is 5.69 Å². The molecule has 3 aromatic carbocycles. The number of rotatable bonds is 9. The molecule has 11 heteroatoms. The van der Waals surface area contributed by atoms with Crippen molar-refractivity contribution in [2.45, 2.75) is 19.5 Å². The molecule has 1 unspecified atom stereocenters. The minimum atomic E-state index is -0.417. The van der Waals surface area contributed by atoms with Crippen LogP contribution in [0.2, 0.25) is 0 Å². The van der Waals surface area contributed by atoms with E-state index in [9.17, 15) is 10.1 Å². The Hall–Kier alpha value is -4.02. The topological polar surface area (TPSA) is 108 Å². The standard InChI is InChI=1S/C25H26N6O4.ClH/c1-17-10-8-9-13-20(17)30-25(26-27-28-30)24(18-11-6-5-7-12-18)29(2)16-19-14-22(34-3)23(35-4)15-21(19)31(32)33;/h5-15,24H,16H2,1-4H3;1H. The van der Waals surface area contributed by atoms with Gasteiger partial charge in [0.05, 0.1) is 36.9 Å². The second-order valence-corrected chi connectivity index (χ2v) is 8.06. The SMILES string of the molecule is COc1cc(CN(C)C(c2ccccc2)c2nnnn2-c2ccccc2C)c([N+](=O)[O-])cc1OC.Cl. The Balaban J connectivity index is 0.00000361. The van der Waals surface area contributed by atoms with E-state index in [1.165, 1.54) is 20.3 Å². The van der Waals surface area contributed by atoms with Crippen molar-refractivity contribution >= 4 is 18.1 Å². The maximum atomic E-state index is 11.9. The van der Waals surface area contributed by atoms with Crippen molar-refractivity contribution in [3.63, 3.8) is 0 Å². The smallest absolute Gasteiger partial charge is 0.277 e. The zero-order chi connectivity index (χ0) is 24.9. The number of nitro benzene ring substituents is 1. The van der Waals surface area contributed by atoms with Gasteiger partial charge in [-0.3, -0.25) is 15.0 Å². The number of nitrogens with zero attached hydrogens (tertiary/aromatic N) is 6. The van der Waals surface area contributed by atoms with Gasteiger partial charge in [-0.15, -0.1) is 17.5 Å². The molecule has 0 spiro atoms. The van der Waals surface area contributed by atoms with Crippen molar-refractivity contribution in [1.29, 1.82) is 0 Å². The number of methoxy groups -OCH3 is 2. The van der Waals surface area contributed by atoms with Gasteiger partial charge in [0.15, 0.2) is 17.3 Å². The van der Waals surface area contributed by atoms with Crippen LogP contribution < -0.4 is 9.47 Å². The Labute approximate surface area is 215 Å². The molecule has 0 saturated carbocycles. The van der Waals surface area contributed by atoms with Gasteiger partial charge in [-0.1, -0.05) is 48.5 Å². The highest BCUT2D eigenvalue weighted by molar-refractivity contribution is 5.85. The molecule has 1 heterocycles. The highest BCUT2D eigenvalue weighted by atomic mass is 35.5. The Morgan fingerprint density at radius 2 is 1.67 bits per heavy atom. The molecule has 1 atom stereocenters. The molecule has 1 aromatic heterocycles. The van der Waals surface area contributed by atoms with E-state index in [1.54, 1.807) is 10.7 Å². The monoisotopic (exact) mass is 510 g/mol. The fourth-order valence-electron chi connectivity index (χ4n) is 4.14. The summed E-state index contributed by atoms with van der Waals surface area (Å²) in [5.41, 5.74) is 3.25. The third-order valence-electron chi connectivity index (χ3n) is 5.84. The molecule has 0 bridgehead atoms. The van der Waals surface area contributed by atoms with Gasteiger partial charge in [-0.05, 0) is 47.7 Å². The van der Waals surface area contributed by atoms with Crippen LogP contribution in [0.5, 0.6) is 11.5 Å². The fourth-order valence-corrected chi connectivity index (χ4v) is 4.14. The number of nitro groups is 1. The number of hydrogen-bond acceptors (Lipinski definition) is 8. The lowest BCUT2D eigenvalue weighted by Gasteiger charge is -2.28. The maximum absolute atomic E-state index is 11.9. The summed E-state index contributed by atoms with van der Waals surface area (Å²) in [4.78, 5) is 13.4. The quantitative estimate of drug-likeness (QED) is 0.238. The molecule has 0 aliphatic carbocycles. The third kappa shape index (κ3) is 5.29. The van der Waals surface area contributed by atoms with Crippen molar-refractivity contribution in [1.82, 2.24) is 25.1 Å². The zero-order valence-electron chi connectivity index (χ0n) is 20.4. The second-order valence-electron chi connectivity index (χ2n) is 8.06. The van der Waals surface area contributed by atoms with Gasteiger partial charge in [0.25, 0.3) is 5.69 Å². The minimum Gasteiger partial charge on any atom is -0.493 e. The molecule has 36 heavy (non-hydrogen) atoms. The van der Waals surface area contributed by atoms with Crippen LogP contribution in [0.15, 0.2) is 66.7 Å². The van der Waals surface area contributed by atoms with Crippen LogP contribution in [0, 0.1) is 17.0 Å². The number of ether oxygens (including phenoxy) is 2. The Morgan fingerprint density at radius 3 is 2.31 bits per heavy atom.